The molecule has 1 saturated heterocycles. The zero-order chi connectivity index (χ0) is 17.9. The Balaban J connectivity index is 2.24. The second kappa shape index (κ2) is 7.55. The van der Waals surface area contributed by atoms with Crippen molar-refractivity contribution < 1.29 is 23.9 Å². The monoisotopic (exact) mass is 334 g/mol. The summed E-state index contributed by atoms with van der Waals surface area (Å²) in [7, 11) is 2.90. The molecule has 24 heavy (non-hydrogen) atoms. The highest BCUT2D eigenvalue weighted by atomic mass is 16.7. The molecule has 1 unspecified atom stereocenters. The van der Waals surface area contributed by atoms with E-state index in [9.17, 15) is 14.4 Å². The van der Waals surface area contributed by atoms with E-state index < -0.39 is 18.2 Å². The molecule has 7 heteroatoms. The van der Waals surface area contributed by atoms with E-state index in [1.807, 2.05) is 19.1 Å². The maximum atomic E-state index is 12.7. The van der Waals surface area contributed by atoms with Crippen LogP contribution in [0.2, 0.25) is 0 Å². The lowest BCUT2D eigenvalue weighted by Gasteiger charge is -2.29. The van der Waals surface area contributed by atoms with E-state index in [1.54, 1.807) is 12.1 Å². The van der Waals surface area contributed by atoms with E-state index in [-0.39, 0.29) is 24.8 Å². The van der Waals surface area contributed by atoms with Gasteiger partial charge >= 0.3 is 0 Å². The van der Waals surface area contributed by atoms with Crippen LogP contribution in [-0.4, -0.2) is 55.7 Å². The average molecular weight is 334 g/mol. The summed E-state index contributed by atoms with van der Waals surface area (Å²) in [5.41, 5.74) is 1.54. The minimum atomic E-state index is -0.843. The Bertz CT molecular complexity index is 624. The first-order chi connectivity index (χ1) is 11.4. The van der Waals surface area contributed by atoms with Crippen molar-refractivity contribution >= 4 is 23.4 Å². The first-order valence-electron chi connectivity index (χ1n) is 7.65. The molecule has 130 valence electrons. The minimum absolute atomic E-state index is 0.0492. The van der Waals surface area contributed by atoms with Crippen LogP contribution in [0.1, 0.15) is 18.9 Å². The SMILES string of the molecule is COC(CN(C(C)=O)C1CC(=O)N(c2ccc(C)cc2)C1=O)OC. The van der Waals surface area contributed by atoms with E-state index in [1.165, 1.54) is 26.0 Å². The van der Waals surface area contributed by atoms with Gasteiger partial charge in [0.05, 0.1) is 18.7 Å². The lowest BCUT2D eigenvalue weighted by molar-refractivity contribution is -0.150. The number of aryl methyl sites for hydroxylation is 1. The Hall–Kier alpha value is -2.25. The molecule has 1 aliphatic heterocycles. The third-order valence-corrected chi connectivity index (χ3v) is 4.07. The van der Waals surface area contributed by atoms with Crippen LogP contribution in [0.15, 0.2) is 24.3 Å². The maximum Gasteiger partial charge on any atom is 0.257 e. The van der Waals surface area contributed by atoms with Crippen molar-refractivity contribution in [2.75, 3.05) is 25.7 Å². The zero-order valence-corrected chi connectivity index (χ0v) is 14.3. The fraction of sp³-hybridized carbons (Fsp3) is 0.471. The van der Waals surface area contributed by atoms with Crippen LogP contribution in [-0.2, 0) is 23.9 Å². The summed E-state index contributed by atoms with van der Waals surface area (Å²) < 4.78 is 10.2. The number of methoxy groups -OCH3 is 2. The van der Waals surface area contributed by atoms with Gasteiger partial charge in [-0.1, -0.05) is 17.7 Å². The topological polar surface area (TPSA) is 76.2 Å². The Morgan fingerprint density at radius 2 is 1.83 bits per heavy atom. The van der Waals surface area contributed by atoms with Gasteiger partial charge in [-0.05, 0) is 19.1 Å². The molecular formula is C17H22N2O5. The van der Waals surface area contributed by atoms with E-state index in [0.29, 0.717) is 5.69 Å². The first kappa shape index (κ1) is 18.1. The summed E-state index contributed by atoms with van der Waals surface area (Å²) >= 11 is 0. The standard InChI is InChI=1S/C17H22N2O5/c1-11-5-7-13(8-6-11)19-15(21)9-14(17(19)22)18(12(2)20)10-16(23-3)24-4/h5-8,14,16H,9-10H2,1-4H3. The van der Waals surface area contributed by atoms with Crippen LogP contribution in [0.5, 0.6) is 0 Å². The van der Waals surface area contributed by atoms with Crippen LogP contribution in [0, 0.1) is 6.92 Å². The van der Waals surface area contributed by atoms with Crippen molar-refractivity contribution in [3.63, 3.8) is 0 Å². The van der Waals surface area contributed by atoms with Crippen molar-refractivity contribution in [2.45, 2.75) is 32.6 Å². The molecule has 0 saturated carbocycles. The smallest absolute Gasteiger partial charge is 0.257 e. The fourth-order valence-electron chi connectivity index (χ4n) is 2.71. The Morgan fingerprint density at radius 1 is 1.25 bits per heavy atom. The number of nitrogens with zero attached hydrogens (tertiary/aromatic N) is 2. The van der Waals surface area contributed by atoms with Gasteiger partial charge in [0.15, 0.2) is 6.29 Å². The number of anilines is 1. The highest BCUT2D eigenvalue weighted by molar-refractivity contribution is 6.22. The van der Waals surface area contributed by atoms with Gasteiger partial charge in [0.2, 0.25) is 11.8 Å². The number of hydrogen-bond acceptors (Lipinski definition) is 5. The average Bonchev–Trinajstić information content (AvgIpc) is 2.84. The third kappa shape index (κ3) is 3.63. The van der Waals surface area contributed by atoms with Gasteiger partial charge in [-0.15, -0.1) is 0 Å². The van der Waals surface area contributed by atoms with Crippen LogP contribution in [0.3, 0.4) is 0 Å². The lowest BCUT2D eigenvalue weighted by Crippen LogP contribution is -2.48. The van der Waals surface area contributed by atoms with Crippen molar-refractivity contribution in [3.8, 4) is 0 Å². The van der Waals surface area contributed by atoms with Crippen LogP contribution in [0.25, 0.3) is 0 Å². The molecule has 0 bridgehead atoms. The number of carbonyl (C=O) groups excluding carboxylic acids is 3. The summed E-state index contributed by atoms with van der Waals surface area (Å²) in [6.45, 7) is 3.36. The van der Waals surface area contributed by atoms with Crippen molar-refractivity contribution in [3.05, 3.63) is 29.8 Å². The fourth-order valence-corrected chi connectivity index (χ4v) is 2.71. The van der Waals surface area contributed by atoms with Crippen molar-refractivity contribution in [1.29, 1.82) is 0 Å². The highest BCUT2D eigenvalue weighted by Gasteiger charge is 2.44. The largest absolute Gasteiger partial charge is 0.354 e. The number of carbonyl (C=O) groups is 3. The van der Waals surface area contributed by atoms with Gasteiger partial charge in [0.25, 0.3) is 5.91 Å². The van der Waals surface area contributed by atoms with E-state index in [0.717, 1.165) is 10.5 Å². The van der Waals surface area contributed by atoms with Gasteiger partial charge < -0.3 is 14.4 Å². The lowest BCUT2D eigenvalue weighted by atomic mass is 10.2. The summed E-state index contributed by atoms with van der Waals surface area (Å²) in [4.78, 5) is 39.5. The summed E-state index contributed by atoms with van der Waals surface area (Å²) in [6.07, 6.45) is -0.711. The predicted molar refractivity (Wildman–Crippen MR) is 87.3 cm³/mol. The molecule has 0 spiro atoms. The molecule has 1 aromatic rings. The number of ether oxygens (including phenoxy) is 2. The normalized spacial score (nSPS) is 17.7. The first-order valence-corrected chi connectivity index (χ1v) is 7.65. The number of benzene rings is 1. The van der Waals surface area contributed by atoms with Crippen LogP contribution >= 0.6 is 0 Å². The third-order valence-electron chi connectivity index (χ3n) is 4.07. The Kier molecular flexibility index (Phi) is 5.69. The van der Waals surface area contributed by atoms with Crippen LogP contribution in [0.4, 0.5) is 5.69 Å². The molecule has 1 atom stereocenters. The molecule has 7 nitrogen and oxygen atoms in total. The number of imide groups is 1. The molecule has 2 rings (SSSR count). The van der Waals surface area contributed by atoms with Gasteiger partial charge in [-0.3, -0.25) is 14.4 Å². The molecule has 1 heterocycles. The second-order valence-corrected chi connectivity index (χ2v) is 5.70. The predicted octanol–water partition coefficient (Wildman–Crippen LogP) is 1.09. The second-order valence-electron chi connectivity index (χ2n) is 5.70. The zero-order valence-electron chi connectivity index (χ0n) is 14.3. The van der Waals surface area contributed by atoms with Crippen molar-refractivity contribution in [1.82, 2.24) is 4.90 Å². The number of amides is 3. The van der Waals surface area contributed by atoms with Crippen LogP contribution < -0.4 is 4.90 Å². The molecule has 0 radical (unpaired) electrons. The summed E-state index contributed by atoms with van der Waals surface area (Å²) in [5.74, 6) is -1.05. The van der Waals surface area contributed by atoms with Crippen molar-refractivity contribution in [2.24, 2.45) is 0 Å². The number of rotatable bonds is 6. The molecule has 1 aliphatic rings. The molecule has 0 aromatic heterocycles. The quantitative estimate of drug-likeness (QED) is 0.575. The van der Waals surface area contributed by atoms with Gasteiger partial charge in [0, 0.05) is 21.1 Å². The Labute approximate surface area is 141 Å². The Morgan fingerprint density at radius 3 is 2.33 bits per heavy atom. The van der Waals surface area contributed by atoms with Gasteiger partial charge in [-0.25, -0.2) is 4.90 Å². The number of hydrogen-bond donors (Lipinski definition) is 0. The molecule has 3 amide bonds. The minimum Gasteiger partial charge on any atom is -0.354 e. The molecule has 1 fully saturated rings. The molecule has 0 N–H and O–H groups in total. The van der Waals surface area contributed by atoms with E-state index >= 15 is 0 Å². The van der Waals surface area contributed by atoms with E-state index in [2.05, 4.69) is 0 Å². The van der Waals surface area contributed by atoms with Gasteiger partial charge in [0.1, 0.15) is 6.04 Å². The van der Waals surface area contributed by atoms with Gasteiger partial charge in [-0.2, -0.15) is 0 Å². The molecule has 0 aliphatic carbocycles. The molecule has 1 aromatic carbocycles. The summed E-state index contributed by atoms with van der Waals surface area (Å²) in [5, 5.41) is 0. The van der Waals surface area contributed by atoms with E-state index in [4.69, 9.17) is 9.47 Å². The summed E-state index contributed by atoms with van der Waals surface area (Å²) in [6, 6.07) is 6.26. The highest BCUT2D eigenvalue weighted by Crippen LogP contribution is 2.26. The maximum absolute atomic E-state index is 12.7. The molecular weight excluding hydrogens is 312 g/mol.